The maximum Gasteiger partial charge on any atom is 0.253 e. The second kappa shape index (κ2) is 11.1. The van der Waals surface area contributed by atoms with Gasteiger partial charge in [-0.25, -0.2) is 13.4 Å². The minimum Gasteiger partial charge on any atom is -0.494 e. The number of rotatable bonds is 11. The molecule has 2 aromatic carbocycles. The van der Waals surface area contributed by atoms with E-state index < -0.39 is 10.0 Å². The van der Waals surface area contributed by atoms with Gasteiger partial charge in [-0.2, -0.15) is 0 Å². The Kier molecular flexibility index (Phi) is 8.11. The van der Waals surface area contributed by atoms with Crippen molar-refractivity contribution in [3.05, 3.63) is 53.1 Å². The molecule has 0 radical (unpaired) electrons. The Labute approximate surface area is 211 Å². The van der Waals surface area contributed by atoms with Gasteiger partial charge >= 0.3 is 0 Å². The van der Waals surface area contributed by atoms with E-state index in [1.807, 2.05) is 24.3 Å². The van der Waals surface area contributed by atoms with Crippen LogP contribution in [0.2, 0.25) is 5.02 Å². The number of ketones is 1. The summed E-state index contributed by atoms with van der Waals surface area (Å²) in [7, 11) is -3.81. The van der Waals surface area contributed by atoms with Crippen LogP contribution in [0.5, 0.6) is 5.75 Å². The van der Waals surface area contributed by atoms with Gasteiger partial charge < -0.3 is 10.1 Å². The van der Waals surface area contributed by atoms with Crippen molar-refractivity contribution in [3.8, 4) is 5.75 Å². The SMILES string of the molecule is CC(=O)Nc1ccc(S(=O)(=O)NN2CCCC2CCCOc2ccc(C(=O)C3CC3)cc2)cc1Cl. The van der Waals surface area contributed by atoms with E-state index in [-0.39, 0.29) is 33.6 Å². The Morgan fingerprint density at radius 2 is 1.86 bits per heavy atom. The number of carbonyl (C=O) groups excluding carboxylic acids is 2. The minimum absolute atomic E-state index is 0.0363. The number of ether oxygens (including phenoxy) is 1. The normalized spacial score (nSPS) is 18.4. The summed E-state index contributed by atoms with van der Waals surface area (Å²) in [6, 6.07) is 11.6. The van der Waals surface area contributed by atoms with Crippen molar-refractivity contribution in [2.45, 2.75) is 56.4 Å². The average Bonchev–Trinajstić information content (AvgIpc) is 3.58. The van der Waals surface area contributed by atoms with Crippen LogP contribution >= 0.6 is 11.6 Å². The van der Waals surface area contributed by atoms with Gasteiger partial charge in [-0.15, -0.1) is 4.83 Å². The molecular weight excluding hydrogens is 490 g/mol. The van der Waals surface area contributed by atoms with Crippen molar-refractivity contribution < 1.29 is 22.7 Å². The number of Topliss-reactive ketones (excluding diaryl/α,β-unsaturated/α-hetero) is 1. The Hall–Kier alpha value is -2.46. The van der Waals surface area contributed by atoms with Crippen LogP contribution in [0.3, 0.4) is 0 Å². The summed E-state index contributed by atoms with van der Waals surface area (Å²) in [5, 5.41) is 4.49. The molecule has 8 nitrogen and oxygen atoms in total. The molecular formula is C25H30ClN3O5S. The summed E-state index contributed by atoms with van der Waals surface area (Å²) in [6.07, 6.45) is 5.31. The molecule has 1 atom stereocenters. The first-order valence-electron chi connectivity index (χ1n) is 11.9. The summed E-state index contributed by atoms with van der Waals surface area (Å²) in [6.45, 7) is 2.49. The van der Waals surface area contributed by atoms with Crippen LogP contribution in [0.4, 0.5) is 5.69 Å². The highest BCUT2D eigenvalue weighted by molar-refractivity contribution is 7.89. The van der Waals surface area contributed by atoms with E-state index >= 15 is 0 Å². The maximum atomic E-state index is 12.9. The highest BCUT2D eigenvalue weighted by atomic mass is 35.5. The van der Waals surface area contributed by atoms with Crippen LogP contribution in [-0.4, -0.2) is 44.3 Å². The van der Waals surface area contributed by atoms with Crippen molar-refractivity contribution in [2.24, 2.45) is 5.92 Å². The molecule has 188 valence electrons. The fraction of sp³-hybridized carbons (Fsp3) is 0.440. The van der Waals surface area contributed by atoms with E-state index in [1.54, 1.807) is 5.01 Å². The molecule has 10 heteroatoms. The second-order valence-electron chi connectivity index (χ2n) is 9.06. The monoisotopic (exact) mass is 519 g/mol. The van der Waals surface area contributed by atoms with Crippen molar-refractivity contribution in [2.75, 3.05) is 18.5 Å². The van der Waals surface area contributed by atoms with E-state index in [0.29, 0.717) is 18.8 Å². The summed E-state index contributed by atoms with van der Waals surface area (Å²) < 4.78 is 31.6. The number of nitrogens with zero attached hydrogens (tertiary/aromatic N) is 1. The lowest BCUT2D eigenvalue weighted by atomic mass is 10.1. The first kappa shape index (κ1) is 25.6. The van der Waals surface area contributed by atoms with Gasteiger partial charge in [0.15, 0.2) is 5.78 Å². The van der Waals surface area contributed by atoms with Gasteiger partial charge in [0.05, 0.1) is 22.2 Å². The van der Waals surface area contributed by atoms with Gasteiger partial charge in [-0.3, -0.25) is 9.59 Å². The smallest absolute Gasteiger partial charge is 0.253 e. The molecule has 1 heterocycles. The number of hydrazine groups is 1. The number of anilines is 1. The third-order valence-corrected chi connectivity index (χ3v) is 7.88. The van der Waals surface area contributed by atoms with Crippen LogP contribution < -0.4 is 14.9 Å². The first-order chi connectivity index (χ1) is 16.7. The molecule has 0 aromatic heterocycles. The van der Waals surface area contributed by atoms with Crippen LogP contribution in [0.25, 0.3) is 0 Å². The molecule has 2 N–H and O–H groups in total. The minimum atomic E-state index is -3.81. The van der Waals surface area contributed by atoms with Gasteiger partial charge in [0.25, 0.3) is 10.0 Å². The lowest BCUT2D eigenvalue weighted by molar-refractivity contribution is -0.114. The third kappa shape index (κ3) is 6.82. The molecule has 35 heavy (non-hydrogen) atoms. The summed E-state index contributed by atoms with van der Waals surface area (Å²) in [5.41, 5.74) is 1.10. The number of nitrogens with one attached hydrogen (secondary N) is 2. The zero-order chi connectivity index (χ0) is 25.0. The lowest BCUT2D eigenvalue weighted by Gasteiger charge is -2.25. The molecule has 0 bridgehead atoms. The zero-order valence-corrected chi connectivity index (χ0v) is 21.2. The van der Waals surface area contributed by atoms with Crippen LogP contribution in [0, 0.1) is 5.92 Å². The molecule has 1 amide bonds. The fourth-order valence-electron chi connectivity index (χ4n) is 4.22. The van der Waals surface area contributed by atoms with E-state index in [2.05, 4.69) is 10.1 Å². The summed E-state index contributed by atoms with van der Waals surface area (Å²) in [5.74, 6) is 0.853. The average molecular weight is 520 g/mol. The van der Waals surface area contributed by atoms with Gasteiger partial charge in [0.2, 0.25) is 5.91 Å². The highest BCUT2D eigenvalue weighted by Crippen LogP contribution is 2.33. The quantitative estimate of drug-likeness (QED) is 0.336. The molecule has 1 unspecified atom stereocenters. The van der Waals surface area contributed by atoms with Gasteiger partial charge in [-0.05, 0) is 81.0 Å². The zero-order valence-electron chi connectivity index (χ0n) is 19.6. The number of halogens is 1. The van der Waals surface area contributed by atoms with E-state index in [9.17, 15) is 18.0 Å². The summed E-state index contributed by atoms with van der Waals surface area (Å²) >= 11 is 6.15. The summed E-state index contributed by atoms with van der Waals surface area (Å²) in [4.78, 5) is 26.1. The lowest BCUT2D eigenvalue weighted by Crippen LogP contribution is -2.45. The molecule has 1 saturated carbocycles. The Morgan fingerprint density at radius 3 is 2.51 bits per heavy atom. The van der Waals surface area contributed by atoms with E-state index in [1.165, 1.54) is 25.1 Å². The topological polar surface area (TPSA) is 105 Å². The molecule has 4 rings (SSSR count). The number of amides is 1. The maximum absolute atomic E-state index is 12.9. The predicted octanol–water partition coefficient (Wildman–Crippen LogP) is 4.41. The predicted molar refractivity (Wildman–Crippen MR) is 134 cm³/mol. The molecule has 2 aromatic rings. The van der Waals surface area contributed by atoms with Gasteiger partial charge in [-0.1, -0.05) is 11.6 Å². The molecule has 1 aliphatic carbocycles. The first-order valence-corrected chi connectivity index (χ1v) is 13.7. The van der Waals surface area contributed by atoms with Crippen molar-refractivity contribution >= 4 is 39.0 Å². The van der Waals surface area contributed by atoms with Crippen LogP contribution in [-0.2, 0) is 14.8 Å². The number of sulfonamides is 1. The van der Waals surface area contributed by atoms with Crippen LogP contribution in [0.15, 0.2) is 47.4 Å². The molecule has 1 aliphatic heterocycles. The second-order valence-corrected chi connectivity index (χ2v) is 11.1. The molecule has 2 aliphatic rings. The molecule has 2 fully saturated rings. The van der Waals surface area contributed by atoms with Crippen LogP contribution in [0.1, 0.15) is 55.8 Å². The highest BCUT2D eigenvalue weighted by Gasteiger charge is 2.30. The number of carbonyl (C=O) groups is 2. The largest absolute Gasteiger partial charge is 0.494 e. The van der Waals surface area contributed by atoms with Crippen molar-refractivity contribution in [1.29, 1.82) is 0 Å². The standard InChI is InChI=1S/C25H30ClN3O5S/c1-17(30)27-24-13-12-22(16-23(24)26)35(32,33)28-29-14-2-4-20(29)5-3-15-34-21-10-8-19(9-11-21)25(31)18-6-7-18/h8-13,16,18,20,28H,2-7,14-15H2,1H3,(H,27,30). The van der Waals surface area contributed by atoms with Crippen molar-refractivity contribution in [1.82, 2.24) is 9.84 Å². The Balaban J connectivity index is 1.26. The molecule has 0 spiro atoms. The molecule has 1 saturated heterocycles. The van der Waals surface area contributed by atoms with Gasteiger partial charge in [0.1, 0.15) is 5.75 Å². The van der Waals surface area contributed by atoms with E-state index in [0.717, 1.165) is 49.8 Å². The fourth-order valence-corrected chi connectivity index (χ4v) is 5.69. The third-order valence-electron chi connectivity index (χ3n) is 6.21. The number of hydrogen-bond donors (Lipinski definition) is 2. The van der Waals surface area contributed by atoms with Gasteiger partial charge in [0, 0.05) is 31.0 Å². The Morgan fingerprint density at radius 1 is 1.11 bits per heavy atom. The number of benzene rings is 2. The number of hydrogen-bond acceptors (Lipinski definition) is 6. The Bertz CT molecular complexity index is 1180. The van der Waals surface area contributed by atoms with E-state index in [4.69, 9.17) is 16.3 Å². The van der Waals surface area contributed by atoms with Crippen molar-refractivity contribution in [3.63, 3.8) is 0 Å².